The van der Waals surface area contributed by atoms with Gasteiger partial charge in [0, 0.05) is 25.6 Å². The van der Waals surface area contributed by atoms with Crippen LogP contribution in [0, 0.1) is 11.8 Å². The van der Waals surface area contributed by atoms with Gasteiger partial charge in [-0.05, 0) is 24.8 Å². The van der Waals surface area contributed by atoms with Crippen LogP contribution in [0.25, 0.3) is 0 Å². The minimum absolute atomic E-state index is 0.305. The molecule has 2 saturated heterocycles. The van der Waals surface area contributed by atoms with Crippen molar-refractivity contribution < 1.29 is 4.79 Å². The molecule has 0 aromatic heterocycles. The van der Waals surface area contributed by atoms with Crippen molar-refractivity contribution in [2.45, 2.75) is 38.8 Å². The number of nitrogens with zero attached hydrogens (tertiary/aromatic N) is 1. The van der Waals surface area contributed by atoms with E-state index < -0.39 is 0 Å². The molecule has 3 atom stereocenters. The Morgan fingerprint density at radius 3 is 2.86 bits per heavy atom. The maximum atomic E-state index is 11.7. The lowest BCUT2D eigenvalue weighted by Gasteiger charge is -2.42. The Morgan fingerprint density at radius 1 is 1.50 bits per heavy atom. The van der Waals surface area contributed by atoms with Gasteiger partial charge in [-0.1, -0.05) is 13.8 Å². The molecular formula is C11H20N2O. The lowest BCUT2D eigenvalue weighted by atomic mass is 9.80. The van der Waals surface area contributed by atoms with E-state index in [2.05, 4.69) is 19.2 Å². The maximum absolute atomic E-state index is 11.7. The highest BCUT2D eigenvalue weighted by Crippen LogP contribution is 2.33. The SMILES string of the molecule is CC(C)C1C2CCNC2CC(=O)N1C. The summed E-state index contributed by atoms with van der Waals surface area (Å²) in [6.45, 7) is 5.52. The van der Waals surface area contributed by atoms with Gasteiger partial charge < -0.3 is 10.2 Å². The van der Waals surface area contributed by atoms with Crippen LogP contribution in [0.15, 0.2) is 0 Å². The molecule has 3 nitrogen and oxygen atoms in total. The van der Waals surface area contributed by atoms with E-state index in [9.17, 15) is 4.79 Å². The molecule has 0 bridgehead atoms. The zero-order valence-electron chi connectivity index (χ0n) is 9.29. The zero-order valence-corrected chi connectivity index (χ0v) is 9.29. The molecule has 0 aromatic rings. The van der Waals surface area contributed by atoms with Crippen LogP contribution in [-0.2, 0) is 4.79 Å². The van der Waals surface area contributed by atoms with Gasteiger partial charge in [0.05, 0.1) is 0 Å². The standard InChI is InChI=1S/C11H20N2O/c1-7(2)11-8-4-5-12-9(8)6-10(14)13(11)3/h7-9,11-12H,4-6H2,1-3H3. The summed E-state index contributed by atoms with van der Waals surface area (Å²) in [7, 11) is 1.96. The van der Waals surface area contributed by atoms with Gasteiger partial charge in [0.2, 0.25) is 5.91 Å². The van der Waals surface area contributed by atoms with E-state index in [0.717, 1.165) is 6.54 Å². The third-order valence-corrected chi connectivity index (χ3v) is 3.76. The lowest BCUT2D eigenvalue weighted by Crippen LogP contribution is -2.55. The Bertz CT molecular complexity index is 239. The highest BCUT2D eigenvalue weighted by Gasteiger charge is 2.43. The maximum Gasteiger partial charge on any atom is 0.224 e. The van der Waals surface area contributed by atoms with Crippen LogP contribution in [0.1, 0.15) is 26.7 Å². The molecule has 2 heterocycles. The van der Waals surface area contributed by atoms with Gasteiger partial charge in [-0.25, -0.2) is 0 Å². The third kappa shape index (κ3) is 1.44. The third-order valence-electron chi connectivity index (χ3n) is 3.76. The summed E-state index contributed by atoms with van der Waals surface area (Å²) < 4.78 is 0. The predicted molar refractivity (Wildman–Crippen MR) is 55.9 cm³/mol. The van der Waals surface area contributed by atoms with Crippen LogP contribution in [0.3, 0.4) is 0 Å². The monoisotopic (exact) mass is 196 g/mol. The molecule has 0 aliphatic carbocycles. The normalized spacial score (nSPS) is 37.9. The summed E-state index contributed by atoms with van der Waals surface area (Å²) in [4.78, 5) is 13.7. The molecule has 14 heavy (non-hydrogen) atoms. The lowest BCUT2D eigenvalue weighted by molar-refractivity contribution is -0.138. The largest absolute Gasteiger partial charge is 0.342 e. The molecule has 2 aliphatic rings. The summed E-state index contributed by atoms with van der Waals surface area (Å²) in [6.07, 6.45) is 1.93. The number of fused-ring (bicyclic) bond motifs is 1. The molecule has 2 rings (SSSR count). The fourth-order valence-corrected chi connectivity index (χ4v) is 3.15. The van der Waals surface area contributed by atoms with E-state index in [1.807, 2.05) is 11.9 Å². The average molecular weight is 196 g/mol. The van der Waals surface area contributed by atoms with Gasteiger partial charge in [-0.2, -0.15) is 0 Å². The van der Waals surface area contributed by atoms with E-state index in [4.69, 9.17) is 0 Å². The number of hydrogen-bond donors (Lipinski definition) is 1. The first-order valence-electron chi connectivity index (χ1n) is 5.60. The topological polar surface area (TPSA) is 32.3 Å². The van der Waals surface area contributed by atoms with Crippen LogP contribution in [0.2, 0.25) is 0 Å². The van der Waals surface area contributed by atoms with Gasteiger partial charge in [0.25, 0.3) is 0 Å². The smallest absolute Gasteiger partial charge is 0.224 e. The molecule has 1 amide bonds. The molecule has 3 unspecified atom stereocenters. The molecular weight excluding hydrogens is 176 g/mol. The van der Waals surface area contributed by atoms with Crippen molar-refractivity contribution in [2.24, 2.45) is 11.8 Å². The van der Waals surface area contributed by atoms with Crippen LogP contribution < -0.4 is 5.32 Å². The second-order valence-electron chi connectivity index (χ2n) is 4.96. The van der Waals surface area contributed by atoms with Crippen LogP contribution >= 0.6 is 0 Å². The Labute approximate surface area is 85.8 Å². The van der Waals surface area contributed by atoms with Gasteiger partial charge >= 0.3 is 0 Å². The summed E-state index contributed by atoms with van der Waals surface area (Å²) in [5.41, 5.74) is 0. The Hall–Kier alpha value is -0.570. The molecule has 0 spiro atoms. The minimum Gasteiger partial charge on any atom is -0.342 e. The molecule has 0 aromatic carbocycles. The van der Waals surface area contributed by atoms with Crippen molar-refractivity contribution in [2.75, 3.05) is 13.6 Å². The van der Waals surface area contributed by atoms with E-state index in [1.54, 1.807) is 0 Å². The van der Waals surface area contributed by atoms with E-state index in [1.165, 1.54) is 6.42 Å². The second-order valence-corrected chi connectivity index (χ2v) is 4.96. The number of carbonyl (C=O) groups excluding carboxylic acids is 1. The van der Waals surface area contributed by atoms with Crippen molar-refractivity contribution in [1.82, 2.24) is 10.2 Å². The van der Waals surface area contributed by atoms with E-state index >= 15 is 0 Å². The van der Waals surface area contributed by atoms with E-state index in [0.29, 0.717) is 36.2 Å². The highest BCUT2D eigenvalue weighted by molar-refractivity contribution is 5.78. The molecule has 80 valence electrons. The summed E-state index contributed by atoms with van der Waals surface area (Å²) in [6, 6.07) is 0.891. The number of rotatable bonds is 1. The number of nitrogens with one attached hydrogen (secondary N) is 1. The number of piperidine rings is 1. The highest BCUT2D eigenvalue weighted by atomic mass is 16.2. The van der Waals surface area contributed by atoms with Crippen LogP contribution in [0.4, 0.5) is 0 Å². The fraction of sp³-hybridized carbons (Fsp3) is 0.909. The Morgan fingerprint density at radius 2 is 2.21 bits per heavy atom. The fourth-order valence-electron chi connectivity index (χ4n) is 3.15. The van der Waals surface area contributed by atoms with Crippen molar-refractivity contribution in [3.8, 4) is 0 Å². The molecule has 2 fully saturated rings. The van der Waals surface area contributed by atoms with Crippen LogP contribution in [-0.4, -0.2) is 36.5 Å². The molecule has 0 radical (unpaired) electrons. The van der Waals surface area contributed by atoms with Crippen molar-refractivity contribution in [1.29, 1.82) is 0 Å². The number of hydrogen-bond acceptors (Lipinski definition) is 2. The molecule has 0 saturated carbocycles. The number of likely N-dealkylation sites (tertiary alicyclic amines) is 1. The first kappa shape index (κ1) is 9.97. The van der Waals surface area contributed by atoms with Crippen molar-refractivity contribution in [3.05, 3.63) is 0 Å². The predicted octanol–water partition coefficient (Wildman–Crippen LogP) is 0.851. The summed E-state index contributed by atoms with van der Waals surface area (Å²) >= 11 is 0. The molecule has 2 aliphatic heterocycles. The Balaban J connectivity index is 2.20. The van der Waals surface area contributed by atoms with Gasteiger partial charge in [-0.15, -0.1) is 0 Å². The first-order chi connectivity index (χ1) is 6.61. The Kier molecular flexibility index (Phi) is 2.52. The van der Waals surface area contributed by atoms with Gasteiger partial charge in [-0.3, -0.25) is 4.79 Å². The first-order valence-corrected chi connectivity index (χ1v) is 5.60. The number of amides is 1. The van der Waals surface area contributed by atoms with Crippen LogP contribution in [0.5, 0.6) is 0 Å². The zero-order chi connectivity index (χ0) is 10.3. The minimum atomic E-state index is 0.305. The summed E-state index contributed by atoms with van der Waals surface area (Å²) in [5, 5.41) is 3.45. The van der Waals surface area contributed by atoms with Gasteiger partial charge in [0.1, 0.15) is 0 Å². The average Bonchev–Trinajstić information content (AvgIpc) is 2.52. The molecule has 1 N–H and O–H groups in total. The number of carbonyl (C=O) groups is 1. The van der Waals surface area contributed by atoms with Gasteiger partial charge in [0.15, 0.2) is 0 Å². The van der Waals surface area contributed by atoms with Crippen molar-refractivity contribution >= 4 is 5.91 Å². The second kappa shape index (κ2) is 3.54. The summed E-state index contributed by atoms with van der Waals surface area (Å²) in [5.74, 6) is 1.55. The molecule has 3 heteroatoms. The van der Waals surface area contributed by atoms with Crippen molar-refractivity contribution in [3.63, 3.8) is 0 Å². The van der Waals surface area contributed by atoms with E-state index in [-0.39, 0.29) is 0 Å². The quantitative estimate of drug-likeness (QED) is 0.674.